The molecule has 2 N–H and O–H groups in total. The van der Waals surface area contributed by atoms with Gasteiger partial charge in [-0.15, -0.1) is 24.0 Å². The van der Waals surface area contributed by atoms with Crippen molar-refractivity contribution in [2.75, 3.05) is 32.2 Å². The molecule has 2 atom stereocenters. The van der Waals surface area contributed by atoms with E-state index in [0.717, 1.165) is 44.7 Å². The normalized spacial score (nSPS) is 26.4. The second-order valence-corrected chi connectivity index (χ2v) is 9.95. The largest absolute Gasteiger partial charge is 0.378 e. The van der Waals surface area contributed by atoms with Crippen molar-refractivity contribution in [1.82, 2.24) is 10.6 Å². The molecule has 0 bridgehead atoms. The highest BCUT2D eigenvalue weighted by molar-refractivity contribution is 14.0. The van der Waals surface area contributed by atoms with Gasteiger partial charge in [0.15, 0.2) is 5.96 Å². The zero-order valence-electron chi connectivity index (χ0n) is 16.8. The van der Waals surface area contributed by atoms with Crippen LogP contribution in [0.1, 0.15) is 52.9 Å². The molecule has 8 heteroatoms. The van der Waals surface area contributed by atoms with Gasteiger partial charge in [-0.3, -0.25) is 4.99 Å². The van der Waals surface area contributed by atoms with Crippen LogP contribution in [-0.2, 0) is 14.6 Å². The van der Waals surface area contributed by atoms with Crippen LogP contribution in [0.2, 0.25) is 0 Å². The van der Waals surface area contributed by atoms with E-state index in [9.17, 15) is 8.42 Å². The van der Waals surface area contributed by atoms with E-state index in [2.05, 4.69) is 29.5 Å². The Balaban J connectivity index is 0.00000338. The minimum Gasteiger partial charge on any atom is -0.378 e. The van der Waals surface area contributed by atoms with E-state index in [-0.39, 0.29) is 40.6 Å². The summed E-state index contributed by atoms with van der Waals surface area (Å²) in [7, 11) is -1.18. The van der Waals surface area contributed by atoms with Gasteiger partial charge in [-0.05, 0) is 39.0 Å². The molecule has 0 aliphatic heterocycles. The molecule has 0 spiro atoms. The van der Waals surface area contributed by atoms with Crippen LogP contribution in [0.4, 0.5) is 0 Å². The Bertz CT molecular complexity index is 586. The molecule has 6 nitrogen and oxygen atoms in total. The predicted molar refractivity (Wildman–Crippen MR) is 118 cm³/mol. The summed E-state index contributed by atoms with van der Waals surface area (Å²) < 4.78 is 29.1. The Morgan fingerprint density at radius 2 is 1.85 bits per heavy atom. The number of hydrogen-bond donors (Lipinski definition) is 2. The summed E-state index contributed by atoms with van der Waals surface area (Å²) in [6, 6.07) is 0.343. The fourth-order valence-electron chi connectivity index (χ4n) is 4.32. The van der Waals surface area contributed by atoms with Gasteiger partial charge in [0.05, 0.1) is 11.9 Å². The lowest BCUT2D eigenvalue weighted by Crippen LogP contribution is -2.65. The summed E-state index contributed by atoms with van der Waals surface area (Å²) >= 11 is 0. The Hall–Kier alpha value is -0.0900. The first-order valence-electron chi connectivity index (χ1n) is 9.50. The van der Waals surface area contributed by atoms with Gasteiger partial charge in [-0.2, -0.15) is 0 Å². The molecule has 154 valence electrons. The Morgan fingerprint density at radius 1 is 1.23 bits per heavy atom. The van der Waals surface area contributed by atoms with Crippen LogP contribution < -0.4 is 10.6 Å². The van der Waals surface area contributed by atoms with Crippen molar-refractivity contribution >= 4 is 39.8 Å². The molecule has 2 rings (SSSR count). The minimum absolute atomic E-state index is 0. The van der Waals surface area contributed by atoms with Gasteiger partial charge in [0, 0.05) is 43.3 Å². The second-order valence-electron chi connectivity index (χ2n) is 7.81. The highest BCUT2D eigenvalue weighted by atomic mass is 127. The number of guanidine groups is 1. The fourth-order valence-corrected chi connectivity index (χ4v) is 5.82. The number of aliphatic imine (C=N–C) groups is 1. The average Bonchev–Trinajstić information content (AvgIpc) is 3.28. The summed E-state index contributed by atoms with van der Waals surface area (Å²) in [5, 5.41) is 6.92. The third-order valence-corrected chi connectivity index (χ3v) is 7.30. The Morgan fingerprint density at radius 3 is 2.27 bits per heavy atom. The van der Waals surface area contributed by atoms with E-state index < -0.39 is 9.84 Å². The molecule has 0 aromatic heterocycles. The lowest BCUT2D eigenvalue weighted by molar-refractivity contribution is -0.133. The summed E-state index contributed by atoms with van der Waals surface area (Å²) in [6.07, 6.45) is 6.69. The maximum absolute atomic E-state index is 11.6. The smallest absolute Gasteiger partial charge is 0.191 e. The number of halogens is 1. The molecule has 0 aromatic carbocycles. The lowest BCUT2D eigenvalue weighted by atomic mass is 9.58. The van der Waals surface area contributed by atoms with Crippen molar-refractivity contribution in [2.45, 2.75) is 65.0 Å². The van der Waals surface area contributed by atoms with Gasteiger partial charge in [-0.25, -0.2) is 8.42 Å². The Kier molecular flexibility index (Phi) is 8.66. The molecule has 2 aliphatic carbocycles. The molecular weight excluding hydrogens is 465 g/mol. The van der Waals surface area contributed by atoms with Crippen molar-refractivity contribution in [3.63, 3.8) is 0 Å². The van der Waals surface area contributed by atoms with Gasteiger partial charge in [-0.1, -0.05) is 13.8 Å². The second kappa shape index (κ2) is 9.41. The number of hydrogen-bond acceptors (Lipinski definition) is 4. The number of ether oxygens (including phenoxy) is 1. The summed E-state index contributed by atoms with van der Waals surface area (Å²) in [4.78, 5) is 4.35. The average molecular weight is 501 g/mol. The molecule has 26 heavy (non-hydrogen) atoms. The molecular formula is C18H36IN3O3S. The highest BCUT2D eigenvalue weighted by Gasteiger charge is 2.53. The summed E-state index contributed by atoms with van der Waals surface area (Å²) in [5.74, 6) is 1.03. The first-order valence-corrected chi connectivity index (χ1v) is 11.6. The van der Waals surface area contributed by atoms with Crippen LogP contribution >= 0.6 is 24.0 Å². The molecule has 0 radical (unpaired) electrons. The topological polar surface area (TPSA) is 79.8 Å². The van der Waals surface area contributed by atoms with Gasteiger partial charge in [0.2, 0.25) is 0 Å². The molecule has 0 saturated heterocycles. The van der Waals surface area contributed by atoms with Crippen LogP contribution in [0.3, 0.4) is 0 Å². The zero-order chi connectivity index (χ0) is 18.7. The van der Waals surface area contributed by atoms with Crippen molar-refractivity contribution in [2.24, 2.45) is 15.8 Å². The van der Waals surface area contributed by atoms with E-state index in [0.29, 0.717) is 18.7 Å². The number of rotatable bonds is 9. The van der Waals surface area contributed by atoms with Gasteiger partial charge in [0.25, 0.3) is 0 Å². The monoisotopic (exact) mass is 501 g/mol. The number of nitrogens with one attached hydrogen (secondary N) is 2. The molecule has 2 fully saturated rings. The third kappa shape index (κ3) is 5.47. The van der Waals surface area contributed by atoms with Gasteiger partial charge < -0.3 is 15.4 Å². The molecule has 0 aromatic rings. The molecule has 2 aliphatic rings. The third-order valence-electron chi connectivity index (χ3n) is 6.16. The lowest BCUT2D eigenvalue weighted by Gasteiger charge is -2.55. The maximum Gasteiger partial charge on any atom is 0.191 e. The maximum atomic E-state index is 11.6. The number of nitrogens with zero attached hydrogens (tertiary/aromatic N) is 1. The van der Waals surface area contributed by atoms with E-state index in [1.807, 2.05) is 6.92 Å². The zero-order valence-corrected chi connectivity index (χ0v) is 19.9. The van der Waals surface area contributed by atoms with Crippen LogP contribution in [0, 0.1) is 10.8 Å². The summed E-state index contributed by atoms with van der Waals surface area (Å²) in [5.41, 5.74) is 0.0446. The van der Waals surface area contributed by atoms with E-state index in [1.165, 1.54) is 6.26 Å². The fraction of sp³-hybridized carbons (Fsp3) is 0.944. The van der Waals surface area contributed by atoms with E-state index in [1.54, 1.807) is 7.05 Å². The Labute approximate surface area is 176 Å². The minimum atomic E-state index is -2.95. The van der Waals surface area contributed by atoms with E-state index >= 15 is 0 Å². The first kappa shape index (κ1) is 23.9. The van der Waals surface area contributed by atoms with Crippen molar-refractivity contribution in [3.05, 3.63) is 0 Å². The highest BCUT2D eigenvalue weighted by Crippen LogP contribution is 2.49. The van der Waals surface area contributed by atoms with E-state index in [4.69, 9.17) is 4.74 Å². The van der Waals surface area contributed by atoms with Crippen LogP contribution in [-0.4, -0.2) is 58.7 Å². The molecule has 0 heterocycles. The predicted octanol–water partition coefficient (Wildman–Crippen LogP) is 2.58. The molecule has 2 unspecified atom stereocenters. The standard InChI is InChI=1S/C18H35N3O3S.HI/c1-6-18(7-2)14(11-15(18)24-8-3)21-16(19-4)20-12-17(9-10-17)13-25(5,22)23;/h14-15H,6-13H2,1-5H3,(H2,19,20,21);1H. The van der Waals surface area contributed by atoms with Crippen molar-refractivity contribution in [1.29, 1.82) is 0 Å². The van der Waals surface area contributed by atoms with Crippen LogP contribution in [0.15, 0.2) is 4.99 Å². The first-order chi connectivity index (χ1) is 11.7. The van der Waals surface area contributed by atoms with Gasteiger partial charge >= 0.3 is 0 Å². The number of sulfone groups is 1. The van der Waals surface area contributed by atoms with Crippen molar-refractivity contribution < 1.29 is 13.2 Å². The summed E-state index contributed by atoms with van der Waals surface area (Å²) in [6.45, 7) is 7.91. The van der Waals surface area contributed by atoms with Crippen LogP contribution in [0.5, 0.6) is 0 Å². The van der Waals surface area contributed by atoms with Crippen LogP contribution in [0.25, 0.3) is 0 Å². The SMILES string of the molecule is CCOC1CC(NC(=NC)NCC2(CS(C)(=O)=O)CC2)C1(CC)CC.I. The molecule has 0 amide bonds. The molecule has 2 saturated carbocycles. The quantitative estimate of drug-likeness (QED) is 0.289. The van der Waals surface area contributed by atoms with Gasteiger partial charge in [0.1, 0.15) is 9.84 Å². The van der Waals surface area contributed by atoms with Crippen molar-refractivity contribution in [3.8, 4) is 0 Å².